The van der Waals surface area contributed by atoms with E-state index >= 15 is 0 Å². The van der Waals surface area contributed by atoms with Crippen LogP contribution in [0.1, 0.15) is 6.42 Å². The summed E-state index contributed by atoms with van der Waals surface area (Å²) in [6.07, 6.45) is 2.81. The second-order valence-corrected chi connectivity index (χ2v) is 5.27. The Hall–Kier alpha value is -0.126. The molecule has 0 fully saturated rings. The summed E-state index contributed by atoms with van der Waals surface area (Å²) in [5, 5.41) is 1.25. The lowest BCUT2D eigenvalue weighted by Gasteiger charge is -1.96. The van der Waals surface area contributed by atoms with Crippen LogP contribution in [-0.2, 0) is 4.12 Å². The van der Waals surface area contributed by atoms with Crippen molar-refractivity contribution in [1.29, 1.82) is 0 Å². The first kappa shape index (κ1) is 7.87. The van der Waals surface area contributed by atoms with Crippen LogP contribution in [0.2, 0.25) is 0 Å². The smallest absolute Gasteiger partial charge is 0.173 e. The van der Waals surface area contributed by atoms with Gasteiger partial charge in [-0.15, -0.1) is 13.2 Å². The van der Waals surface area contributed by atoms with E-state index in [2.05, 4.69) is 13.2 Å². The molecule has 0 rings (SSSR count). The molecule has 1 nitrogen and oxygen atoms in total. The Morgan fingerprint density at radius 3 is 2.88 bits per heavy atom. The van der Waals surface area contributed by atoms with Gasteiger partial charge in [-0.1, -0.05) is 11.3 Å². The minimum atomic E-state index is -0.369. The largest absolute Gasteiger partial charge is 0.465 e. The third-order valence-corrected chi connectivity index (χ3v) is 2.63. The van der Waals surface area contributed by atoms with Crippen molar-refractivity contribution in [2.45, 2.75) is 6.42 Å². The van der Waals surface area contributed by atoms with Gasteiger partial charge < -0.3 is 4.12 Å². The van der Waals surface area contributed by atoms with E-state index in [9.17, 15) is 0 Å². The highest BCUT2D eigenvalue weighted by Gasteiger charge is 1.87. The molecule has 0 atom stereocenters. The third kappa shape index (κ3) is 4.04. The summed E-state index contributed by atoms with van der Waals surface area (Å²) in [6.45, 7) is 7.42. The van der Waals surface area contributed by atoms with Crippen molar-refractivity contribution in [3.63, 3.8) is 0 Å². The Morgan fingerprint density at radius 1 is 1.88 bits per heavy atom. The van der Waals surface area contributed by atoms with Gasteiger partial charge in [-0.05, 0) is 6.42 Å². The van der Waals surface area contributed by atoms with Gasteiger partial charge in [0.15, 0.2) is 9.76 Å². The summed E-state index contributed by atoms with van der Waals surface area (Å²) < 4.78 is 5.09. The van der Waals surface area contributed by atoms with E-state index in [0.717, 1.165) is 16.9 Å². The zero-order valence-corrected chi connectivity index (χ0v) is 8.73. The van der Waals surface area contributed by atoms with E-state index in [1.807, 2.05) is 6.08 Å². The molecule has 0 aliphatic rings. The molecule has 46 valence electrons. The van der Waals surface area contributed by atoms with Gasteiger partial charge >= 0.3 is 0 Å². The molecule has 0 heterocycles. The summed E-state index contributed by atoms with van der Waals surface area (Å²) in [4.78, 5) is 0. The van der Waals surface area contributed by atoms with Crippen molar-refractivity contribution in [3.05, 3.63) is 24.4 Å². The van der Waals surface area contributed by atoms with Crippen LogP contribution in [-0.4, -0.2) is 20.2 Å². The monoisotopic (exact) mass is 144 g/mol. The van der Waals surface area contributed by atoms with E-state index in [4.69, 9.17) is 4.12 Å². The predicted octanol–water partition coefficient (Wildman–Crippen LogP) is -0.543. The minimum absolute atomic E-state index is 0.369. The summed E-state index contributed by atoms with van der Waals surface area (Å²) in [6, 6.07) is 0. The maximum Gasteiger partial charge on any atom is 0.173 e. The van der Waals surface area contributed by atoms with Gasteiger partial charge in [0, 0.05) is 0 Å². The Balaban J connectivity index is 3.18. The van der Waals surface area contributed by atoms with Gasteiger partial charge in [0.1, 0.15) is 10.5 Å². The van der Waals surface area contributed by atoms with Gasteiger partial charge in [0.05, 0.1) is 0 Å². The average Bonchev–Trinajstić information content (AvgIpc) is 1.68. The number of hydrogen-bond donors (Lipinski definition) is 0. The highest BCUT2D eigenvalue weighted by Crippen LogP contribution is 1.93. The standard InChI is InChI=1S/C5H12OSi2/c1-3-4-5(2)8-6-7/h3H,1-2,4,8H2,7H3. The Morgan fingerprint density at radius 2 is 2.50 bits per heavy atom. The first-order chi connectivity index (χ1) is 3.81. The number of rotatable bonds is 4. The Bertz CT molecular complexity index is 90.4. The van der Waals surface area contributed by atoms with Crippen molar-refractivity contribution in [3.8, 4) is 0 Å². The molecule has 0 bridgehead atoms. The molecule has 0 aliphatic heterocycles. The van der Waals surface area contributed by atoms with Gasteiger partial charge in [0.25, 0.3) is 0 Å². The lowest BCUT2D eigenvalue weighted by atomic mass is 10.4. The fraction of sp³-hybridized carbons (Fsp3) is 0.200. The van der Waals surface area contributed by atoms with Crippen LogP contribution < -0.4 is 0 Å². The Labute approximate surface area is 55.9 Å². The van der Waals surface area contributed by atoms with E-state index < -0.39 is 0 Å². The van der Waals surface area contributed by atoms with E-state index in [1.54, 1.807) is 0 Å². The molecular formula is C5H12OSi2. The zero-order chi connectivity index (χ0) is 6.41. The summed E-state index contributed by atoms with van der Waals surface area (Å²) in [5.74, 6) is 0. The SMILES string of the molecule is C=CCC(=C)[SiH2]O[SiH3]. The summed E-state index contributed by atoms with van der Waals surface area (Å²) in [5.41, 5.74) is 0. The van der Waals surface area contributed by atoms with Crippen molar-refractivity contribution in [2.24, 2.45) is 0 Å². The molecule has 0 aromatic heterocycles. The molecule has 0 radical (unpaired) electrons. The summed E-state index contributed by atoms with van der Waals surface area (Å²) in [7, 11) is 0.492. The Kier molecular flexibility index (Phi) is 4.94. The molecule has 0 spiro atoms. The maximum absolute atomic E-state index is 5.09. The molecule has 0 aliphatic carbocycles. The van der Waals surface area contributed by atoms with Crippen molar-refractivity contribution in [2.75, 3.05) is 0 Å². The molecule has 3 heteroatoms. The molecule has 0 saturated heterocycles. The minimum Gasteiger partial charge on any atom is -0.465 e. The fourth-order valence-electron chi connectivity index (χ4n) is 0.467. The van der Waals surface area contributed by atoms with Crippen LogP contribution in [0.4, 0.5) is 0 Å². The van der Waals surface area contributed by atoms with Crippen LogP contribution in [0.15, 0.2) is 24.4 Å². The molecule has 8 heavy (non-hydrogen) atoms. The van der Waals surface area contributed by atoms with Crippen molar-refractivity contribution >= 4 is 20.2 Å². The first-order valence-corrected chi connectivity index (χ1v) is 4.68. The second kappa shape index (κ2) is 5.02. The molecule has 0 aromatic carbocycles. The lowest BCUT2D eigenvalue weighted by Crippen LogP contribution is -1.97. The van der Waals surface area contributed by atoms with Crippen LogP contribution in [0.25, 0.3) is 0 Å². The molecule has 0 amide bonds. The van der Waals surface area contributed by atoms with Crippen LogP contribution in [0.5, 0.6) is 0 Å². The van der Waals surface area contributed by atoms with Crippen molar-refractivity contribution < 1.29 is 4.12 Å². The van der Waals surface area contributed by atoms with Gasteiger partial charge in [-0.2, -0.15) is 0 Å². The maximum atomic E-state index is 5.09. The zero-order valence-electron chi connectivity index (χ0n) is 5.31. The van der Waals surface area contributed by atoms with E-state index in [0.29, 0.717) is 0 Å². The fourth-order valence-corrected chi connectivity index (χ4v) is 2.42. The first-order valence-electron chi connectivity index (χ1n) is 2.57. The summed E-state index contributed by atoms with van der Waals surface area (Å²) >= 11 is 0. The number of hydrogen-bond acceptors (Lipinski definition) is 1. The normalized spacial score (nSPS) is 10.5. The highest BCUT2D eigenvalue weighted by atomic mass is 28.3. The van der Waals surface area contributed by atoms with Gasteiger partial charge in [-0.25, -0.2) is 0 Å². The quantitative estimate of drug-likeness (QED) is 0.380. The third-order valence-electron chi connectivity index (χ3n) is 0.781. The van der Waals surface area contributed by atoms with Gasteiger partial charge in [-0.3, -0.25) is 0 Å². The average molecular weight is 144 g/mol. The van der Waals surface area contributed by atoms with E-state index in [1.165, 1.54) is 5.20 Å². The van der Waals surface area contributed by atoms with Crippen molar-refractivity contribution in [1.82, 2.24) is 0 Å². The van der Waals surface area contributed by atoms with E-state index in [-0.39, 0.29) is 9.76 Å². The molecule has 0 aromatic rings. The molecule has 0 N–H and O–H groups in total. The molecular weight excluding hydrogens is 132 g/mol. The topological polar surface area (TPSA) is 9.23 Å². The predicted molar refractivity (Wildman–Crippen MR) is 43.5 cm³/mol. The highest BCUT2D eigenvalue weighted by molar-refractivity contribution is 6.42. The van der Waals surface area contributed by atoms with Gasteiger partial charge in [0.2, 0.25) is 0 Å². The number of allylic oxidation sites excluding steroid dienone is 2. The van der Waals surface area contributed by atoms with Crippen LogP contribution in [0, 0.1) is 0 Å². The molecule has 0 saturated carbocycles. The lowest BCUT2D eigenvalue weighted by molar-refractivity contribution is 0.670. The molecule has 0 unspecified atom stereocenters. The van der Waals surface area contributed by atoms with Crippen LogP contribution >= 0.6 is 0 Å². The second-order valence-electron chi connectivity index (χ2n) is 1.68. The van der Waals surface area contributed by atoms with Crippen LogP contribution in [0.3, 0.4) is 0 Å².